The number of benzene rings is 1. The first-order chi connectivity index (χ1) is 11.3. The number of hydrogen-bond acceptors (Lipinski definition) is 4. The SMILES string of the molecule is C[C@@H](NC(=O)/C=C\c1ccccn1)c1ccc(NS(C)(=O)=O)cc1. The Hall–Kier alpha value is -2.67. The van der Waals surface area contributed by atoms with Crippen LogP contribution in [0.1, 0.15) is 24.2 Å². The van der Waals surface area contributed by atoms with Crippen molar-refractivity contribution in [3.63, 3.8) is 0 Å². The number of carbonyl (C=O) groups excluding carboxylic acids is 1. The third-order valence-electron chi connectivity index (χ3n) is 3.17. The average molecular weight is 345 g/mol. The predicted molar refractivity (Wildman–Crippen MR) is 94.7 cm³/mol. The van der Waals surface area contributed by atoms with Crippen LogP contribution in [-0.2, 0) is 14.8 Å². The van der Waals surface area contributed by atoms with E-state index >= 15 is 0 Å². The molecule has 126 valence electrons. The van der Waals surface area contributed by atoms with Gasteiger partial charge in [-0.1, -0.05) is 18.2 Å². The molecule has 6 nitrogen and oxygen atoms in total. The number of carbonyl (C=O) groups is 1. The quantitative estimate of drug-likeness (QED) is 0.787. The molecule has 2 N–H and O–H groups in total. The fourth-order valence-corrected chi connectivity index (χ4v) is 2.60. The van der Waals surface area contributed by atoms with Gasteiger partial charge in [0.2, 0.25) is 15.9 Å². The zero-order chi connectivity index (χ0) is 17.6. The van der Waals surface area contributed by atoms with Crippen LogP contribution < -0.4 is 10.0 Å². The first kappa shape index (κ1) is 17.7. The molecule has 7 heteroatoms. The van der Waals surface area contributed by atoms with E-state index in [1.165, 1.54) is 6.08 Å². The van der Waals surface area contributed by atoms with E-state index in [1.54, 1.807) is 42.6 Å². The van der Waals surface area contributed by atoms with Crippen molar-refractivity contribution >= 4 is 27.7 Å². The van der Waals surface area contributed by atoms with E-state index < -0.39 is 10.0 Å². The average Bonchev–Trinajstić information content (AvgIpc) is 2.53. The molecule has 1 aromatic carbocycles. The highest BCUT2D eigenvalue weighted by Crippen LogP contribution is 2.16. The van der Waals surface area contributed by atoms with E-state index in [0.717, 1.165) is 11.8 Å². The summed E-state index contributed by atoms with van der Waals surface area (Å²) in [4.78, 5) is 16.0. The van der Waals surface area contributed by atoms with Crippen molar-refractivity contribution in [3.8, 4) is 0 Å². The van der Waals surface area contributed by atoms with Gasteiger partial charge in [0.1, 0.15) is 0 Å². The Kier molecular flexibility index (Phi) is 5.70. The number of rotatable bonds is 6. The fraction of sp³-hybridized carbons (Fsp3) is 0.176. The fourth-order valence-electron chi connectivity index (χ4n) is 2.03. The molecule has 1 aromatic heterocycles. The van der Waals surface area contributed by atoms with Crippen molar-refractivity contribution in [1.82, 2.24) is 10.3 Å². The third-order valence-corrected chi connectivity index (χ3v) is 3.77. The maximum atomic E-state index is 11.9. The summed E-state index contributed by atoms with van der Waals surface area (Å²) in [5.74, 6) is -0.230. The molecule has 24 heavy (non-hydrogen) atoms. The molecular formula is C17H19N3O3S. The van der Waals surface area contributed by atoms with E-state index in [9.17, 15) is 13.2 Å². The molecule has 0 unspecified atom stereocenters. The van der Waals surface area contributed by atoms with Gasteiger partial charge in [-0.15, -0.1) is 0 Å². The Morgan fingerprint density at radius 3 is 2.46 bits per heavy atom. The Morgan fingerprint density at radius 2 is 1.88 bits per heavy atom. The van der Waals surface area contributed by atoms with Crippen LogP contribution in [0.2, 0.25) is 0 Å². The van der Waals surface area contributed by atoms with Gasteiger partial charge >= 0.3 is 0 Å². The van der Waals surface area contributed by atoms with Crippen molar-refractivity contribution in [2.45, 2.75) is 13.0 Å². The molecule has 2 rings (SSSR count). The summed E-state index contributed by atoms with van der Waals surface area (Å²) in [5, 5.41) is 2.84. The lowest BCUT2D eigenvalue weighted by atomic mass is 10.1. The second-order valence-electron chi connectivity index (χ2n) is 5.31. The first-order valence-electron chi connectivity index (χ1n) is 7.31. The number of sulfonamides is 1. The molecule has 1 atom stereocenters. The van der Waals surface area contributed by atoms with E-state index in [0.29, 0.717) is 11.4 Å². The molecule has 1 heterocycles. The third kappa shape index (κ3) is 5.85. The minimum Gasteiger partial charge on any atom is -0.346 e. The van der Waals surface area contributed by atoms with Crippen molar-refractivity contribution in [1.29, 1.82) is 0 Å². The van der Waals surface area contributed by atoms with Gasteiger partial charge in [-0.2, -0.15) is 0 Å². The number of pyridine rings is 1. The number of anilines is 1. The van der Waals surface area contributed by atoms with Crippen molar-refractivity contribution in [2.24, 2.45) is 0 Å². The van der Waals surface area contributed by atoms with Gasteiger partial charge in [-0.3, -0.25) is 14.5 Å². The summed E-state index contributed by atoms with van der Waals surface area (Å²) in [7, 11) is -3.30. The van der Waals surface area contributed by atoms with Crippen LogP contribution in [0.3, 0.4) is 0 Å². The molecular weight excluding hydrogens is 326 g/mol. The van der Waals surface area contributed by atoms with Crippen molar-refractivity contribution in [2.75, 3.05) is 11.0 Å². The van der Waals surface area contributed by atoms with E-state index in [1.807, 2.05) is 19.1 Å². The lowest BCUT2D eigenvalue weighted by molar-refractivity contribution is -0.117. The van der Waals surface area contributed by atoms with Crippen LogP contribution >= 0.6 is 0 Å². The van der Waals surface area contributed by atoms with Gasteiger partial charge in [0, 0.05) is 18.0 Å². The maximum absolute atomic E-state index is 11.9. The summed E-state index contributed by atoms with van der Waals surface area (Å²) in [6.07, 6.45) is 5.82. The summed E-state index contributed by atoms with van der Waals surface area (Å²) < 4.78 is 24.7. The molecule has 2 aromatic rings. The normalized spacial score (nSPS) is 12.8. The standard InChI is InChI=1S/C17H19N3O3S/c1-13(14-6-8-16(9-7-14)20-24(2,22)23)19-17(21)11-10-15-5-3-4-12-18-15/h3-13,20H,1-2H3,(H,19,21)/b11-10-/t13-/m1/s1. The Balaban J connectivity index is 1.95. The minimum atomic E-state index is -3.30. The molecule has 0 saturated carbocycles. The molecule has 0 aliphatic heterocycles. The number of amides is 1. The summed E-state index contributed by atoms with van der Waals surface area (Å²) in [6.45, 7) is 1.85. The van der Waals surface area contributed by atoms with Gasteiger partial charge in [0.25, 0.3) is 0 Å². The van der Waals surface area contributed by atoms with Gasteiger partial charge in [0.15, 0.2) is 0 Å². The highest BCUT2D eigenvalue weighted by atomic mass is 32.2. The second-order valence-corrected chi connectivity index (χ2v) is 7.06. The molecule has 1 amide bonds. The van der Waals surface area contributed by atoms with Crippen LogP contribution in [0.5, 0.6) is 0 Å². The van der Waals surface area contributed by atoms with Crippen LogP contribution in [0.25, 0.3) is 6.08 Å². The molecule has 0 spiro atoms. The molecule has 0 saturated heterocycles. The van der Waals surface area contributed by atoms with Crippen LogP contribution in [-0.4, -0.2) is 25.6 Å². The van der Waals surface area contributed by atoms with Gasteiger partial charge in [-0.25, -0.2) is 8.42 Å². The first-order valence-corrected chi connectivity index (χ1v) is 9.20. The Bertz CT molecular complexity index is 816. The van der Waals surface area contributed by atoms with Gasteiger partial charge < -0.3 is 5.32 Å². The largest absolute Gasteiger partial charge is 0.346 e. The highest BCUT2D eigenvalue weighted by molar-refractivity contribution is 7.92. The number of hydrogen-bond donors (Lipinski definition) is 2. The minimum absolute atomic E-state index is 0.210. The maximum Gasteiger partial charge on any atom is 0.244 e. The van der Waals surface area contributed by atoms with Crippen LogP contribution in [0, 0.1) is 0 Å². The van der Waals surface area contributed by atoms with Crippen molar-refractivity contribution < 1.29 is 13.2 Å². The molecule has 0 fully saturated rings. The van der Waals surface area contributed by atoms with Crippen molar-refractivity contribution in [3.05, 3.63) is 66.0 Å². The Morgan fingerprint density at radius 1 is 1.17 bits per heavy atom. The van der Waals surface area contributed by atoms with Crippen LogP contribution in [0.4, 0.5) is 5.69 Å². The number of nitrogens with zero attached hydrogens (tertiary/aromatic N) is 1. The molecule has 0 aliphatic carbocycles. The topological polar surface area (TPSA) is 88.2 Å². The molecule has 0 bridgehead atoms. The van der Waals surface area contributed by atoms with Gasteiger partial charge in [-0.05, 0) is 42.8 Å². The lowest BCUT2D eigenvalue weighted by Crippen LogP contribution is -2.24. The monoisotopic (exact) mass is 345 g/mol. The summed E-state index contributed by atoms with van der Waals surface area (Å²) in [5.41, 5.74) is 2.06. The molecule has 0 radical (unpaired) electrons. The molecule has 0 aliphatic rings. The van der Waals surface area contributed by atoms with Gasteiger partial charge in [0.05, 0.1) is 18.0 Å². The zero-order valence-corrected chi connectivity index (χ0v) is 14.2. The zero-order valence-electron chi connectivity index (χ0n) is 13.4. The number of nitrogens with one attached hydrogen (secondary N) is 2. The smallest absolute Gasteiger partial charge is 0.244 e. The number of aromatic nitrogens is 1. The predicted octanol–water partition coefficient (Wildman–Crippen LogP) is 2.34. The second kappa shape index (κ2) is 7.74. The van der Waals surface area contributed by atoms with E-state index in [2.05, 4.69) is 15.0 Å². The van der Waals surface area contributed by atoms with E-state index in [4.69, 9.17) is 0 Å². The highest BCUT2D eigenvalue weighted by Gasteiger charge is 2.08. The van der Waals surface area contributed by atoms with E-state index in [-0.39, 0.29) is 11.9 Å². The Labute approximate surface area is 141 Å². The summed E-state index contributed by atoms with van der Waals surface area (Å²) >= 11 is 0. The summed E-state index contributed by atoms with van der Waals surface area (Å²) in [6, 6.07) is 12.1. The van der Waals surface area contributed by atoms with Crippen LogP contribution in [0.15, 0.2) is 54.7 Å². The lowest BCUT2D eigenvalue weighted by Gasteiger charge is -2.13.